The van der Waals surface area contributed by atoms with E-state index in [9.17, 15) is 0 Å². The van der Waals surface area contributed by atoms with Crippen LogP contribution < -0.4 is 0 Å². The molecule has 2 heterocycles. The lowest BCUT2D eigenvalue weighted by Gasteiger charge is -2.03. The van der Waals surface area contributed by atoms with Crippen LogP contribution in [0.15, 0.2) is 53.7 Å². The Kier molecular flexibility index (Phi) is 3.94. The quantitative estimate of drug-likeness (QED) is 0.512. The standard InChI is InChI=1S/C19H18N4S/c1-3-23-16-7-5-4-6-15(16)17-18(23)20-19(22-21-17)24-12-14-10-8-13(2)9-11-14/h4-11H,3,12H2,1-2H3. The predicted molar refractivity (Wildman–Crippen MR) is 99.2 cm³/mol. The van der Waals surface area contributed by atoms with Crippen molar-refractivity contribution in [2.24, 2.45) is 0 Å². The number of benzene rings is 2. The average molecular weight is 334 g/mol. The van der Waals surface area contributed by atoms with E-state index in [-0.39, 0.29) is 0 Å². The van der Waals surface area contributed by atoms with Crippen molar-refractivity contribution < 1.29 is 0 Å². The van der Waals surface area contributed by atoms with Gasteiger partial charge in [0.25, 0.3) is 0 Å². The molecule has 0 unspecified atom stereocenters. The SMILES string of the molecule is CCn1c2ccccc2c2nnc(SCc3ccc(C)cc3)nc21. The van der Waals surface area contributed by atoms with Crippen LogP contribution in [0.1, 0.15) is 18.1 Å². The van der Waals surface area contributed by atoms with E-state index >= 15 is 0 Å². The Morgan fingerprint density at radius 2 is 1.79 bits per heavy atom. The van der Waals surface area contributed by atoms with Crippen LogP contribution >= 0.6 is 11.8 Å². The summed E-state index contributed by atoms with van der Waals surface area (Å²) in [5.41, 5.74) is 5.51. The number of aryl methyl sites for hydroxylation is 2. The van der Waals surface area contributed by atoms with E-state index in [2.05, 4.69) is 65.0 Å². The van der Waals surface area contributed by atoms with Gasteiger partial charge < -0.3 is 4.57 Å². The van der Waals surface area contributed by atoms with Crippen molar-refractivity contribution in [1.29, 1.82) is 0 Å². The van der Waals surface area contributed by atoms with Gasteiger partial charge in [-0.1, -0.05) is 59.8 Å². The highest BCUT2D eigenvalue weighted by Gasteiger charge is 2.13. The fourth-order valence-electron chi connectivity index (χ4n) is 2.90. The first-order valence-corrected chi connectivity index (χ1v) is 9.05. The van der Waals surface area contributed by atoms with Gasteiger partial charge in [0, 0.05) is 17.7 Å². The Bertz CT molecular complexity index is 1010. The first-order valence-electron chi connectivity index (χ1n) is 8.06. The maximum absolute atomic E-state index is 4.77. The second-order valence-electron chi connectivity index (χ2n) is 5.80. The number of nitrogens with zero attached hydrogens (tertiary/aromatic N) is 4. The van der Waals surface area contributed by atoms with Gasteiger partial charge in [0.05, 0.1) is 5.52 Å². The van der Waals surface area contributed by atoms with Gasteiger partial charge in [-0.05, 0) is 25.5 Å². The van der Waals surface area contributed by atoms with Gasteiger partial charge in [-0.2, -0.15) is 0 Å². The minimum absolute atomic E-state index is 0.723. The van der Waals surface area contributed by atoms with E-state index in [1.54, 1.807) is 11.8 Å². The highest BCUT2D eigenvalue weighted by atomic mass is 32.2. The summed E-state index contributed by atoms with van der Waals surface area (Å²) in [6.07, 6.45) is 0. The monoisotopic (exact) mass is 334 g/mol. The number of rotatable bonds is 4. The third-order valence-electron chi connectivity index (χ3n) is 4.16. The van der Waals surface area contributed by atoms with Crippen LogP contribution in [-0.4, -0.2) is 19.7 Å². The molecule has 0 aliphatic carbocycles. The molecule has 24 heavy (non-hydrogen) atoms. The molecule has 0 spiro atoms. The Morgan fingerprint density at radius 1 is 1.00 bits per heavy atom. The maximum atomic E-state index is 4.77. The van der Waals surface area contributed by atoms with Crippen LogP contribution in [0.2, 0.25) is 0 Å². The van der Waals surface area contributed by atoms with Gasteiger partial charge in [-0.15, -0.1) is 10.2 Å². The molecule has 2 aromatic carbocycles. The minimum atomic E-state index is 0.723. The van der Waals surface area contributed by atoms with Gasteiger partial charge in [0.1, 0.15) is 5.52 Å². The smallest absolute Gasteiger partial charge is 0.211 e. The molecule has 0 amide bonds. The van der Waals surface area contributed by atoms with E-state index in [4.69, 9.17) is 4.98 Å². The molecule has 0 saturated heterocycles. The van der Waals surface area contributed by atoms with E-state index in [1.165, 1.54) is 11.1 Å². The van der Waals surface area contributed by atoms with Crippen LogP contribution in [-0.2, 0) is 12.3 Å². The van der Waals surface area contributed by atoms with E-state index in [0.717, 1.165) is 39.5 Å². The molecular formula is C19H18N4S. The Morgan fingerprint density at radius 3 is 2.58 bits per heavy atom. The third kappa shape index (κ3) is 2.65. The lowest BCUT2D eigenvalue weighted by atomic mass is 10.2. The van der Waals surface area contributed by atoms with Crippen LogP contribution in [0, 0.1) is 6.92 Å². The van der Waals surface area contributed by atoms with Crippen LogP contribution in [0.3, 0.4) is 0 Å². The van der Waals surface area contributed by atoms with Crippen molar-refractivity contribution in [1.82, 2.24) is 19.7 Å². The zero-order valence-corrected chi connectivity index (χ0v) is 14.5. The van der Waals surface area contributed by atoms with Crippen molar-refractivity contribution in [2.45, 2.75) is 31.3 Å². The summed E-state index contributed by atoms with van der Waals surface area (Å²) in [6, 6.07) is 16.8. The highest BCUT2D eigenvalue weighted by molar-refractivity contribution is 7.98. The number of para-hydroxylation sites is 1. The van der Waals surface area contributed by atoms with Gasteiger partial charge in [0.2, 0.25) is 5.16 Å². The minimum Gasteiger partial charge on any atom is -0.324 e. The van der Waals surface area contributed by atoms with Crippen LogP contribution in [0.5, 0.6) is 0 Å². The summed E-state index contributed by atoms with van der Waals surface area (Å²) in [5, 5.41) is 10.6. The third-order valence-corrected chi connectivity index (χ3v) is 5.07. The summed E-state index contributed by atoms with van der Waals surface area (Å²) < 4.78 is 2.20. The Balaban J connectivity index is 1.70. The maximum Gasteiger partial charge on any atom is 0.211 e. The van der Waals surface area contributed by atoms with Gasteiger partial charge >= 0.3 is 0 Å². The molecule has 4 rings (SSSR count). The molecule has 2 aromatic heterocycles. The average Bonchev–Trinajstić information content (AvgIpc) is 2.94. The molecule has 0 aliphatic rings. The second-order valence-corrected chi connectivity index (χ2v) is 6.74. The fraction of sp³-hybridized carbons (Fsp3) is 0.211. The van der Waals surface area contributed by atoms with Crippen molar-refractivity contribution in [3.8, 4) is 0 Å². The number of hydrogen-bond acceptors (Lipinski definition) is 4. The van der Waals surface area contributed by atoms with E-state index in [1.807, 2.05) is 12.1 Å². The zero-order valence-electron chi connectivity index (χ0n) is 13.7. The molecular weight excluding hydrogens is 316 g/mol. The van der Waals surface area contributed by atoms with Crippen LogP contribution in [0.25, 0.3) is 22.1 Å². The molecule has 4 aromatic rings. The number of fused-ring (bicyclic) bond motifs is 3. The number of thioether (sulfide) groups is 1. The lowest BCUT2D eigenvalue weighted by Crippen LogP contribution is -1.98. The first kappa shape index (κ1) is 15.1. The topological polar surface area (TPSA) is 43.6 Å². The highest BCUT2D eigenvalue weighted by Crippen LogP contribution is 2.27. The van der Waals surface area contributed by atoms with Crippen molar-refractivity contribution in [2.75, 3.05) is 0 Å². The normalized spacial score (nSPS) is 11.4. The van der Waals surface area contributed by atoms with Gasteiger partial charge in [0.15, 0.2) is 5.65 Å². The van der Waals surface area contributed by atoms with E-state index < -0.39 is 0 Å². The Hall–Kier alpha value is -2.40. The second kappa shape index (κ2) is 6.24. The summed E-state index contributed by atoms with van der Waals surface area (Å²) in [6.45, 7) is 5.10. The van der Waals surface area contributed by atoms with Gasteiger partial charge in [-0.3, -0.25) is 0 Å². The molecule has 5 heteroatoms. The molecule has 4 nitrogen and oxygen atoms in total. The molecule has 0 N–H and O–H groups in total. The molecule has 0 aliphatic heterocycles. The van der Waals surface area contributed by atoms with Crippen LogP contribution in [0.4, 0.5) is 0 Å². The van der Waals surface area contributed by atoms with Crippen molar-refractivity contribution in [3.63, 3.8) is 0 Å². The largest absolute Gasteiger partial charge is 0.324 e. The summed E-state index contributed by atoms with van der Waals surface area (Å²) in [5.74, 6) is 0.847. The van der Waals surface area contributed by atoms with E-state index in [0.29, 0.717) is 0 Å². The lowest BCUT2D eigenvalue weighted by molar-refractivity contribution is 0.789. The molecule has 0 saturated carbocycles. The summed E-state index contributed by atoms with van der Waals surface area (Å²) in [7, 11) is 0. The number of hydrogen-bond donors (Lipinski definition) is 0. The molecule has 0 bridgehead atoms. The molecule has 120 valence electrons. The fourth-order valence-corrected chi connectivity index (χ4v) is 3.64. The summed E-state index contributed by atoms with van der Waals surface area (Å²) in [4.78, 5) is 4.77. The predicted octanol–water partition coefficient (Wildman–Crippen LogP) is 4.60. The van der Waals surface area contributed by atoms with Gasteiger partial charge in [-0.25, -0.2) is 4.98 Å². The molecule has 0 radical (unpaired) electrons. The van der Waals surface area contributed by atoms with Crippen molar-refractivity contribution in [3.05, 3.63) is 59.7 Å². The Labute approximate surface area is 144 Å². The first-order chi connectivity index (χ1) is 11.8. The number of aromatic nitrogens is 4. The zero-order chi connectivity index (χ0) is 16.5. The molecule has 0 atom stereocenters. The van der Waals surface area contributed by atoms with Crippen molar-refractivity contribution >= 4 is 33.8 Å². The molecule has 0 fully saturated rings. The summed E-state index contributed by atoms with van der Waals surface area (Å²) >= 11 is 1.63.